The molecule has 0 aliphatic carbocycles. The SMILES string of the molecule is Cc1cccc(C(=O)NC(C(=O)Nc2ccc(Br)cc2C)C(C)C)c1. The lowest BCUT2D eigenvalue weighted by molar-refractivity contribution is -0.118. The van der Waals surface area contributed by atoms with E-state index in [1.807, 2.05) is 64.1 Å². The maximum Gasteiger partial charge on any atom is 0.251 e. The Morgan fingerprint density at radius 3 is 2.36 bits per heavy atom. The smallest absolute Gasteiger partial charge is 0.251 e. The van der Waals surface area contributed by atoms with E-state index in [-0.39, 0.29) is 17.7 Å². The summed E-state index contributed by atoms with van der Waals surface area (Å²) >= 11 is 3.41. The lowest BCUT2D eigenvalue weighted by Gasteiger charge is -2.22. The Kier molecular flexibility index (Phi) is 6.37. The number of hydrogen-bond acceptors (Lipinski definition) is 2. The van der Waals surface area contributed by atoms with Gasteiger partial charge in [0.15, 0.2) is 0 Å². The van der Waals surface area contributed by atoms with Crippen LogP contribution in [-0.2, 0) is 4.79 Å². The lowest BCUT2D eigenvalue weighted by Crippen LogP contribution is -2.47. The monoisotopic (exact) mass is 402 g/mol. The zero-order valence-corrected chi connectivity index (χ0v) is 16.5. The van der Waals surface area contributed by atoms with Crippen LogP contribution in [0.25, 0.3) is 0 Å². The molecule has 2 N–H and O–H groups in total. The molecule has 0 saturated heterocycles. The lowest BCUT2D eigenvalue weighted by atomic mass is 10.0. The first-order chi connectivity index (χ1) is 11.8. The molecule has 0 saturated carbocycles. The molecule has 0 bridgehead atoms. The highest BCUT2D eigenvalue weighted by Gasteiger charge is 2.25. The maximum absolute atomic E-state index is 12.7. The second-order valence-corrected chi connectivity index (χ2v) is 7.43. The molecule has 1 unspecified atom stereocenters. The van der Waals surface area contributed by atoms with Crippen LogP contribution in [-0.4, -0.2) is 17.9 Å². The van der Waals surface area contributed by atoms with Crippen molar-refractivity contribution in [3.05, 3.63) is 63.6 Å². The van der Waals surface area contributed by atoms with Crippen LogP contribution < -0.4 is 10.6 Å². The minimum Gasteiger partial charge on any atom is -0.340 e. The van der Waals surface area contributed by atoms with Crippen LogP contribution >= 0.6 is 15.9 Å². The van der Waals surface area contributed by atoms with E-state index in [9.17, 15) is 9.59 Å². The molecule has 132 valence electrons. The predicted molar refractivity (Wildman–Crippen MR) is 105 cm³/mol. The van der Waals surface area contributed by atoms with Crippen molar-refractivity contribution in [2.24, 2.45) is 5.92 Å². The van der Waals surface area contributed by atoms with E-state index in [1.54, 1.807) is 6.07 Å². The Balaban J connectivity index is 2.14. The Labute approximate surface area is 157 Å². The number of carbonyl (C=O) groups excluding carboxylic acids is 2. The van der Waals surface area contributed by atoms with Crippen LogP contribution in [0.3, 0.4) is 0 Å². The number of halogens is 1. The average Bonchev–Trinajstić information content (AvgIpc) is 2.54. The fraction of sp³-hybridized carbons (Fsp3) is 0.300. The molecule has 2 aromatic rings. The quantitative estimate of drug-likeness (QED) is 0.775. The molecule has 0 aromatic heterocycles. The van der Waals surface area contributed by atoms with E-state index in [1.165, 1.54) is 0 Å². The highest BCUT2D eigenvalue weighted by atomic mass is 79.9. The molecular weight excluding hydrogens is 380 g/mol. The Hall–Kier alpha value is -2.14. The van der Waals surface area contributed by atoms with Crippen LogP contribution in [0.4, 0.5) is 5.69 Å². The van der Waals surface area contributed by atoms with Crippen LogP contribution in [0.15, 0.2) is 46.9 Å². The van der Waals surface area contributed by atoms with Crippen molar-refractivity contribution in [2.75, 3.05) is 5.32 Å². The van der Waals surface area contributed by atoms with Crippen LogP contribution in [0.1, 0.15) is 35.3 Å². The zero-order chi connectivity index (χ0) is 18.6. The molecule has 4 nitrogen and oxygen atoms in total. The fourth-order valence-electron chi connectivity index (χ4n) is 2.52. The van der Waals surface area contributed by atoms with Crippen LogP contribution in [0, 0.1) is 19.8 Å². The van der Waals surface area contributed by atoms with Crippen molar-refractivity contribution in [3.63, 3.8) is 0 Å². The van der Waals surface area contributed by atoms with Gasteiger partial charge < -0.3 is 10.6 Å². The fourth-order valence-corrected chi connectivity index (χ4v) is 3.00. The van der Waals surface area contributed by atoms with Gasteiger partial charge in [-0.25, -0.2) is 0 Å². The molecule has 0 fully saturated rings. The van der Waals surface area contributed by atoms with E-state index in [2.05, 4.69) is 26.6 Å². The number of amides is 2. The van der Waals surface area contributed by atoms with E-state index < -0.39 is 6.04 Å². The molecule has 25 heavy (non-hydrogen) atoms. The summed E-state index contributed by atoms with van der Waals surface area (Å²) in [7, 11) is 0. The van der Waals surface area contributed by atoms with Gasteiger partial charge in [-0.2, -0.15) is 0 Å². The van der Waals surface area contributed by atoms with Gasteiger partial charge in [0.05, 0.1) is 0 Å². The van der Waals surface area contributed by atoms with Gasteiger partial charge in [0.1, 0.15) is 6.04 Å². The summed E-state index contributed by atoms with van der Waals surface area (Å²) in [5.41, 5.74) is 3.25. The van der Waals surface area contributed by atoms with Crippen molar-refractivity contribution in [3.8, 4) is 0 Å². The van der Waals surface area contributed by atoms with E-state index in [0.29, 0.717) is 5.56 Å². The summed E-state index contributed by atoms with van der Waals surface area (Å²) in [5, 5.41) is 5.76. The first kappa shape index (κ1) is 19.2. The third-order valence-electron chi connectivity index (χ3n) is 3.96. The maximum atomic E-state index is 12.7. The largest absolute Gasteiger partial charge is 0.340 e. The van der Waals surface area contributed by atoms with Crippen molar-refractivity contribution in [1.82, 2.24) is 5.32 Å². The summed E-state index contributed by atoms with van der Waals surface area (Å²) in [6, 6.07) is 12.4. The molecule has 0 aliphatic rings. The number of aryl methyl sites for hydroxylation is 2. The van der Waals surface area contributed by atoms with Crippen molar-refractivity contribution in [2.45, 2.75) is 33.7 Å². The van der Waals surface area contributed by atoms with Gasteiger partial charge >= 0.3 is 0 Å². The molecule has 5 heteroatoms. The van der Waals surface area contributed by atoms with Gasteiger partial charge in [0.25, 0.3) is 5.91 Å². The second kappa shape index (κ2) is 8.30. The number of nitrogens with one attached hydrogen (secondary N) is 2. The standard InChI is InChI=1S/C20H23BrN2O2/c1-12(2)18(23-19(24)15-7-5-6-13(3)10-15)20(25)22-17-9-8-16(21)11-14(17)4/h5-12,18H,1-4H3,(H,22,25)(H,23,24). The summed E-state index contributed by atoms with van der Waals surface area (Å²) in [6.07, 6.45) is 0. The number of rotatable bonds is 5. The number of benzene rings is 2. The van der Waals surface area contributed by atoms with Crippen molar-refractivity contribution >= 4 is 33.4 Å². The minimum atomic E-state index is -0.615. The summed E-state index contributed by atoms with van der Waals surface area (Å²) < 4.78 is 0.955. The average molecular weight is 403 g/mol. The highest BCUT2D eigenvalue weighted by molar-refractivity contribution is 9.10. The molecule has 2 rings (SSSR count). The molecule has 0 radical (unpaired) electrons. The summed E-state index contributed by atoms with van der Waals surface area (Å²) in [5.74, 6) is -0.504. The van der Waals surface area contributed by atoms with Gasteiger partial charge in [0.2, 0.25) is 5.91 Å². The number of carbonyl (C=O) groups is 2. The van der Waals surface area contributed by atoms with Gasteiger partial charge in [0, 0.05) is 15.7 Å². The van der Waals surface area contributed by atoms with Gasteiger partial charge in [-0.3, -0.25) is 9.59 Å². The van der Waals surface area contributed by atoms with Crippen molar-refractivity contribution < 1.29 is 9.59 Å². The molecule has 0 spiro atoms. The Morgan fingerprint density at radius 1 is 1.04 bits per heavy atom. The molecular formula is C20H23BrN2O2. The molecule has 2 aromatic carbocycles. The van der Waals surface area contributed by atoms with E-state index in [0.717, 1.165) is 21.3 Å². The van der Waals surface area contributed by atoms with Crippen molar-refractivity contribution in [1.29, 1.82) is 0 Å². The third-order valence-corrected chi connectivity index (χ3v) is 4.46. The van der Waals surface area contributed by atoms with Crippen LogP contribution in [0.5, 0.6) is 0 Å². The van der Waals surface area contributed by atoms with E-state index >= 15 is 0 Å². The highest BCUT2D eigenvalue weighted by Crippen LogP contribution is 2.20. The van der Waals surface area contributed by atoms with Crippen LogP contribution in [0.2, 0.25) is 0 Å². The van der Waals surface area contributed by atoms with E-state index in [4.69, 9.17) is 0 Å². The molecule has 1 atom stereocenters. The van der Waals surface area contributed by atoms with Gasteiger partial charge in [-0.1, -0.05) is 47.5 Å². The second-order valence-electron chi connectivity index (χ2n) is 6.51. The first-order valence-corrected chi connectivity index (χ1v) is 9.02. The zero-order valence-electron chi connectivity index (χ0n) is 14.9. The molecule has 2 amide bonds. The first-order valence-electron chi connectivity index (χ1n) is 8.22. The minimum absolute atomic E-state index is 0.0375. The normalized spacial score (nSPS) is 11.9. The Bertz CT molecular complexity index is 787. The predicted octanol–water partition coefficient (Wildman–Crippen LogP) is 4.46. The Morgan fingerprint density at radius 2 is 1.76 bits per heavy atom. The third kappa shape index (κ3) is 5.16. The summed E-state index contributed by atoms with van der Waals surface area (Å²) in [6.45, 7) is 7.68. The van der Waals surface area contributed by atoms with Gasteiger partial charge in [-0.15, -0.1) is 0 Å². The van der Waals surface area contributed by atoms with Gasteiger partial charge in [-0.05, 0) is 55.7 Å². The molecule has 0 heterocycles. The number of hydrogen-bond donors (Lipinski definition) is 2. The topological polar surface area (TPSA) is 58.2 Å². The summed E-state index contributed by atoms with van der Waals surface area (Å²) in [4.78, 5) is 25.2. The number of anilines is 1. The molecule has 0 aliphatic heterocycles.